The number of hydrogen-bond acceptors (Lipinski definition) is 5. The van der Waals surface area contributed by atoms with Gasteiger partial charge >= 0.3 is 0 Å². The second-order valence-electron chi connectivity index (χ2n) is 5.75. The van der Waals surface area contributed by atoms with Gasteiger partial charge in [-0.1, -0.05) is 26.7 Å². The highest BCUT2D eigenvalue weighted by atomic mass is 16.6. The van der Waals surface area contributed by atoms with E-state index in [1.807, 2.05) is 6.92 Å². The Balaban J connectivity index is 2.70. The van der Waals surface area contributed by atoms with Gasteiger partial charge in [0.15, 0.2) is 0 Å². The van der Waals surface area contributed by atoms with Crippen LogP contribution in [0.3, 0.4) is 0 Å². The molecule has 0 radical (unpaired) electrons. The molecule has 0 saturated carbocycles. The van der Waals surface area contributed by atoms with Crippen LogP contribution in [0.2, 0.25) is 0 Å². The van der Waals surface area contributed by atoms with Gasteiger partial charge in [-0.15, -0.1) is 0 Å². The van der Waals surface area contributed by atoms with Crippen LogP contribution >= 0.6 is 0 Å². The summed E-state index contributed by atoms with van der Waals surface area (Å²) in [6.07, 6.45) is 3.36. The molecule has 0 bridgehead atoms. The summed E-state index contributed by atoms with van der Waals surface area (Å²) in [5.41, 5.74) is 0.0535. The van der Waals surface area contributed by atoms with E-state index in [2.05, 4.69) is 36.4 Å². The first-order valence-corrected chi connectivity index (χ1v) is 7.59. The minimum atomic E-state index is -0.392. The maximum Gasteiger partial charge on any atom is 0.276 e. The molecule has 0 aliphatic heterocycles. The van der Waals surface area contributed by atoms with Gasteiger partial charge < -0.3 is 10.6 Å². The number of nitrogens with one attached hydrogen (secondary N) is 2. The molecule has 0 saturated heterocycles. The summed E-state index contributed by atoms with van der Waals surface area (Å²) in [5.74, 6) is 1.79. The van der Waals surface area contributed by atoms with Gasteiger partial charge in [-0.05, 0) is 26.2 Å². The lowest BCUT2D eigenvalue weighted by atomic mass is 10.0. The molecule has 21 heavy (non-hydrogen) atoms. The Kier molecular flexibility index (Phi) is 6.91. The van der Waals surface area contributed by atoms with Crippen LogP contribution in [0.4, 0.5) is 17.3 Å². The van der Waals surface area contributed by atoms with Crippen molar-refractivity contribution in [1.29, 1.82) is 0 Å². The van der Waals surface area contributed by atoms with Crippen molar-refractivity contribution < 1.29 is 4.92 Å². The van der Waals surface area contributed by atoms with Crippen LogP contribution < -0.4 is 10.6 Å². The molecule has 2 N–H and O–H groups in total. The molecule has 0 fully saturated rings. The molecule has 0 aliphatic carbocycles. The van der Waals surface area contributed by atoms with Crippen molar-refractivity contribution in [2.45, 2.75) is 53.0 Å². The van der Waals surface area contributed by atoms with E-state index in [-0.39, 0.29) is 11.7 Å². The quantitative estimate of drug-likeness (QED) is 0.530. The predicted molar refractivity (Wildman–Crippen MR) is 86.8 cm³/mol. The summed E-state index contributed by atoms with van der Waals surface area (Å²) in [5, 5.41) is 17.2. The van der Waals surface area contributed by atoms with Crippen LogP contribution in [-0.2, 0) is 0 Å². The fraction of sp³-hybridized carbons (Fsp3) is 0.667. The normalized spacial score (nSPS) is 12.2. The van der Waals surface area contributed by atoms with Gasteiger partial charge in [0.2, 0.25) is 0 Å². The summed E-state index contributed by atoms with van der Waals surface area (Å²) in [4.78, 5) is 14.9. The summed E-state index contributed by atoms with van der Waals surface area (Å²) in [6.45, 7) is 9.11. The van der Waals surface area contributed by atoms with Gasteiger partial charge in [0.25, 0.3) is 5.69 Å². The van der Waals surface area contributed by atoms with Crippen molar-refractivity contribution in [3.63, 3.8) is 0 Å². The van der Waals surface area contributed by atoms with Gasteiger partial charge in [-0.2, -0.15) is 0 Å². The number of nitrogens with zero attached hydrogens (tertiary/aromatic N) is 2. The number of rotatable bonds is 9. The Hall–Kier alpha value is -1.85. The molecule has 1 aromatic rings. The van der Waals surface area contributed by atoms with Crippen LogP contribution in [-0.4, -0.2) is 22.5 Å². The fourth-order valence-corrected chi connectivity index (χ4v) is 2.12. The van der Waals surface area contributed by atoms with Crippen molar-refractivity contribution in [1.82, 2.24) is 4.98 Å². The zero-order valence-electron chi connectivity index (χ0n) is 13.3. The summed E-state index contributed by atoms with van der Waals surface area (Å²) in [6, 6.07) is 3.19. The molecule has 0 spiro atoms. The fourth-order valence-electron chi connectivity index (χ4n) is 2.12. The maximum atomic E-state index is 11.0. The van der Waals surface area contributed by atoms with Gasteiger partial charge in [-0.25, -0.2) is 4.98 Å². The van der Waals surface area contributed by atoms with Crippen molar-refractivity contribution in [2.24, 2.45) is 5.92 Å². The van der Waals surface area contributed by atoms with Gasteiger partial charge in [0.1, 0.15) is 11.6 Å². The number of aromatic nitrogens is 1. The zero-order chi connectivity index (χ0) is 15.8. The van der Waals surface area contributed by atoms with E-state index < -0.39 is 4.92 Å². The molecule has 1 atom stereocenters. The van der Waals surface area contributed by atoms with Crippen LogP contribution in [0.25, 0.3) is 0 Å². The second kappa shape index (κ2) is 8.44. The van der Waals surface area contributed by atoms with Crippen LogP contribution in [0.1, 0.15) is 47.0 Å². The number of pyridine rings is 1. The standard InChI is InChI=1S/C15H26N4O2/c1-5-16-14-9-13(19(20)21)10-15(18-14)17-12(4)8-6-7-11(2)3/h9-12H,5-8H2,1-4H3,(H2,16,17,18). The van der Waals surface area contributed by atoms with Gasteiger partial charge in [0.05, 0.1) is 17.1 Å². The Morgan fingerprint density at radius 2 is 1.90 bits per heavy atom. The van der Waals surface area contributed by atoms with Crippen LogP contribution in [0.5, 0.6) is 0 Å². The van der Waals surface area contributed by atoms with Crippen molar-refractivity contribution in [2.75, 3.05) is 17.2 Å². The first-order chi connectivity index (χ1) is 9.92. The van der Waals surface area contributed by atoms with E-state index in [1.165, 1.54) is 18.6 Å². The molecule has 6 heteroatoms. The lowest BCUT2D eigenvalue weighted by Crippen LogP contribution is -2.16. The molecule has 1 heterocycles. The highest BCUT2D eigenvalue weighted by Gasteiger charge is 2.12. The highest BCUT2D eigenvalue weighted by molar-refractivity contribution is 5.54. The van der Waals surface area contributed by atoms with Gasteiger partial charge in [0, 0.05) is 12.6 Å². The van der Waals surface area contributed by atoms with E-state index >= 15 is 0 Å². The van der Waals surface area contributed by atoms with E-state index in [1.54, 1.807) is 0 Å². The minimum Gasteiger partial charge on any atom is -0.370 e. The Bertz CT molecular complexity index is 463. The third-order valence-electron chi connectivity index (χ3n) is 3.19. The highest BCUT2D eigenvalue weighted by Crippen LogP contribution is 2.21. The largest absolute Gasteiger partial charge is 0.370 e. The molecule has 0 aromatic carbocycles. The molecule has 0 aliphatic rings. The zero-order valence-corrected chi connectivity index (χ0v) is 13.3. The molecule has 1 unspecified atom stereocenters. The van der Waals surface area contributed by atoms with E-state index in [9.17, 15) is 10.1 Å². The van der Waals surface area contributed by atoms with E-state index in [0.29, 0.717) is 24.1 Å². The Morgan fingerprint density at radius 1 is 1.24 bits per heavy atom. The molecule has 118 valence electrons. The Morgan fingerprint density at radius 3 is 2.48 bits per heavy atom. The molecule has 0 amide bonds. The molecule has 1 rings (SSSR count). The second-order valence-corrected chi connectivity index (χ2v) is 5.75. The number of anilines is 2. The Labute approximate surface area is 126 Å². The topological polar surface area (TPSA) is 80.1 Å². The molecular formula is C15H26N4O2. The van der Waals surface area contributed by atoms with Crippen LogP contribution in [0.15, 0.2) is 12.1 Å². The molecule has 6 nitrogen and oxygen atoms in total. The average molecular weight is 294 g/mol. The predicted octanol–water partition coefficient (Wildman–Crippen LogP) is 4.05. The molecule has 1 aromatic heterocycles. The third kappa shape index (κ3) is 6.42. The number of hydrogen-bond donors (Lipinski definition) is 2. The lowest BCUT2D eigenvalue weighted by Gasteiger charge is -2.16. The maximum absolute atomic E-state index is 11.0. The van der Waals surface area contributed by atoms with Crippen LogP contribution in [0, 0.1) is 16.0 Å². The summed E-state index contributed by atoms with van der Waals surface area (Å²) < 4.78 is 0. The van der Waals surface area contributed by atoms with Gasteiger partial charge in [-0.3, -0.25) is 10.1 Å². The van der Waals surface area contributed by atoms with E-state index in [0.717, 1.165) is 12.8 Å². The minimum absolute atomic E-state index is 0.0535. The van der Waals surface area contributed by atoms with E-state index in [4.69, 9.17) is 0 Å². The van der Waals surface area contributed by atoms with Crippen molar-refractivity contribution in [3.8, 4) is 0 Å². The van der Waals surface area contributed by atoms with Crippen molar-refractivity contribution >= 4 is 17.3 Å². The summed E-state index contributed by atoms with van der Waals surface area (Å²) in [7, 11) is 0. The first-order valence-electron chi connectivity index (χ1n) is 7.59. The first kappa shape index (κ1) is 17.2. The van der Waals surface area contributed by atoms with Crippen molar-refractivity contribution in [3.05, 3.63) is 22.2 Å². The monoisotopic (exact) mass is 294 g/mol. The third-order valence-corrected chi connectivity index (χ3v) is 3.19. The summed E-state index contributed by atoms with van der Waals surface area (Å²) >= 11 is 0. The SMILES string of the molecule is CCNc1cc([N+](=O)[O-])cc(NC(C)CCCC(C)C)n1. The number of nitro groups is 1. The average Bonchev–Trinajstić information content (AvgIpc) is 2.38. The smallest absolute Gasteiger partial charge is 0.276 e. The molecular weight excluding hydrogens is 268 g/mol. The lowest BCUT2D eigenvalue weighted by molar-refractivity contribution is -0.384.